The number of carbonyl (C=O) groups excluding carboxylic acids is 1. The number of hydrogen-bond acceptors (Lipinski definition) is 5. The molecule has 0 fully saturated rings. The van der Waals surface area contributed by atoms with Crippen LogP contribution < -0.4 is 4.74 Å². The van der Waals surface area contributed by atoms with E-state index in [1.54, 1.807) is 31.4 Å². The molecule has 1 aromatic heterocycles. The van der Waals surface area contributed by atoms with Gasteiger partial charge in [0.05, 0.1) is 13.4 Å². The van der Waals surface area contributed by atoms with E-state index < -0.39 is 5.97 Å². The number of aliphatic imine (C=N–C) groups is 1. The molecule has 0 spiro atoms. The van der Waals surface area contributed by atoms with Gasteiger partial charge in [0.1, 0.15) is 11.5 Å². The van der Waals surface area contributed by atoms with E-state index in [0.29, 0.717) is 5.76 Å². The predicted octanol–water partition coefficient (Wildman–Crippen LogP) is 3.30. The van der Waals surface area contributed by atoms with Crippen molar-refractivity contribution in [2.75, 3.05) is 7.11 Å². The number of methoxy groups -OCH3 is 1. The Kier molecular flexibility index (Phi) is 3.87. The van der Waals surface area contributed by atoms with E-state index in [2.05, 4.69) is 4.99 Å². The highest BCUT2D eigenvalue weighted by Crippen LogP contribution is 2.17. The lowest BCUT2D eigenvalue weighted by Gasteiger charge is -1.98. The Hall–Kier alpha value is -3.08. The van der Waals surface area contributed by atoms with Gasteiger partial charge in [-0.05, 0) is 35.9 Å². The van der Waals surface area contributed by atoms with Gasteiger partial charge in [-0.1, -0.05) is 12.1 Å². The Balaban J connectivity index is 1.75. The van der Waals surface area contributed by atoms with Crippen LogP contribution in [0.5, 0.6) is 5.75 Å². The van der Waals surface area contributed by atoms with Crippen molar-refractivity contribution in [3.8, 4) is 5.75 Å². The second-order valence-electron chi connectivity index (χ2n) is 4.49. The van der Waals surface area contributed by atoms with Crippen molar-refractivity contribution >= 4 is 24.0 Å². The van der Waals surface area contributed by atoms with Gasteiger partial charge in [0.2, 0.25) is 5.90 Å². The van der Waals surface area contributed by atoms with Gasteiger partial charge < -0.3 is 13.9 Å². The third-order valence-electron chi connectivity index (χ3n) is 2.99. The lowest BCUT2D eigenvalue weighted by Crippen LogP contribution is -2.01. The van der Waals surface area contributed by atoms with Crippen LogP contribution in [-0.4, -0.2) is 19.0 Å². The fourth-order valence-corrected chi connectivity index (χ4v) is 1.89. The molecule has 0 atom stereocenters. The lowest BCUT2D eigenvalue weighted by molar-refractivity contribution is -0.129. The van der Waals surface area contributed by atoms with Crippen LogP contribution in [0.4, 0.5) is 0 Å². The molecule has 0 N–H and O–H groups in total. The molecule has 1 aliphatic heterocycles. The molecule has 0 bridgehead atoms. The average Bonchev–Trinajstić information content (AvgIpc) is 3.17. The summed E-state index contributed by atoms with van der Waals surface area (Å²) in [7, 11) is 1.62. The van der Waals surface area contributed by atoms with E-state index in [0.717, 1.165) is 11.3 Å². The van der Waals surface area contributed by atoms with Crippen molar-refractivity contribution in [2.24, 2.45) is 4.99 Å². The molecule has 0 saturated carbocycles. The summed E-state index contributed by atoms with van der Waals surface area (Å²) in [6.45, 7) is 0. The SMILES string of the molecule is COc1ccc(C=CC2=NC(=Cc3ccco3)C(=O)O2)cc1. The Morgan fingerprint density at radius 1 is 1.14 bits per heavy atom. The zero-order valence-corrected chi connectivity index (χ0v) is 11.9. The summed E-state index contributed by atoms with van der Waals surface area (Å²) in [6, 6.07) is 11.0. The first kappa shape index (κ1) is 13.9. The molecular weight excluding hydrogens is 282 g/mol. The molecule has 1 aromatic carbocycles. The molecule has 0 saturated heterocycles. The highest BCUT2D eigenvalue weighted by molar-refractivity contribution is 6.11. The van der Waals surface area contributed by atoms with Crippen LogP contribution in [0.25, 0.3) is 12.2 Å². The fraction of sp³-hybridized carbons (Fsp3) is 0.0588. The third-order valence-corrected chi connectivity index (χ3v) is 2.99. The van der Waals surface area contributed by atoms with Crippen LogP contribution in [0, 0.1) is 0 Å². The maximum absolute atomic E-state index is 11.7. The Morgan fingerprint density at radius 3 is 2.64 bits per heavy atom. The first-order valence-electron chi connectivity index (χ1n) is 6.63. The smallest absolute Gasteiger partial charge is 0.363 e. The van der Waals surface area contributed by atoms with Crippen LogP contribution >= 0.6 is 0 Å². The number of rotatable bonds is 4. The number of nitrogens with zero attached hydrogens (tertiary/aromatic N) is 1. The van der Waals surface area contributed by atoms with E-state index >= 15 is 0 Å². The summed E-state index contributed by atoms with van der Waals surface area (Å²) < 4.78 is 15.3. The number of carbonyl (C=O) groups is 1. The topological polar surface area (TPSA) is 61.0 Å². The van der Waals surface area contributed by atoms with Crippen LogP contribution in [0.15, 0.2) is 63.8 Å². The summed E-state index contributed by atoms with van der Waals surface area (Å²) in [4.78, 5) is 15.8. The van der Waals surface area contributed by atoms with Crippen molar-refractivity contribution in [1.82, 2.24) is 0 Å². The first-order valence-corrected chi connectivity index (χ1v) is 6.63. The van der Waals surface area contributed by atoms with Gasteiger partial charge in [0.25, 0.3) is 0 Å². The van der Waals surface area contributed by atoms with Gasteiger partial charge in [0.15, 0.2) is 5.70 Å². The molecule has 2 heterocycles. The van der Waals surface area contributed by atoms with Crippen molar-refractivity contribution in [3.63, 3.8) is 0 Å². The standard InChI is InChI=1S/C17H13NO4/c1-20-13-7-4-12(5-8-13)6-9-16-18-15(17(19)22-16)11-14-3-2-10-21-14/h2-11H,1H3. The molecule has 110 valence electrons. The van der Waals surface area contributed by atoms with E-state index in [9.17, 15) is 4.79 Å². The van der Waals surface area contributed by atoms with Crippen LogP contribution in [0.2, 0.25) is 0 Å². The molecule has 2 aromatic rings. The second kappa shape index (κ2) is 6.13. The van der Waals surface area contributed by atoms with E-state index in [-0.39, 0.29) is 11.6 Å². The van der Waals surface area contributed by atoms with E-state index in [1.807, 2.05) is 24.3 Å². The summed E-state index contributed by atoms with van der Waals surface area (Å²) in [5, 5.41) is 0. The quantitative estimate of drug-likeness (QED) is 0.641. The van der Waals surface area contributed by atoms with Crippen LogP contribution in [0.3, 0.4) is 0 Å². The van der Waals surface area contributed by atoms with E-state index in [4.69, 9.17) is 13.9 Å². The Morgan fingerprint density at radius 2 is 1.95 bits per heavy atom. The highest BCUT2D eigenvalue weighted by Gasteiger charge is 2.21. The molecule has 0 aliphatic carbocycles. The fourth-order valence-electron chi connectivity index (χ4n) is 1.89. The van der Waals surface area contributed by atoms with Crippen molar-refractivity contribution < 1.29 is 18.7 Å². The average molecular weight is 295 g/mol. The maximum atomic E-state index is 11.7. The highest BCUT2D eigenvalue weighted by atomic mass is 16.6. The Labute approximate surface area is 127 Å². The van der Waals surface area contributed by atoms with Gasteiger partial charge in [-0.3, -0.25) is 0 Å². The summed E-state index contributed by atoms with van der Waals surface area (Å²) in [5.74, 6) is 1.09. The van der Waals surface area contributed by atoms with Gasteiger partial charge in [0, 0.05) is 12.2 Å². The van der Waals surface area contributed by atoms with Gasteiger partial charge in [-0.25, -0.2) is 9.79 Å². The molecule has 5 heteroatoms. The molecule has 3 rings (SSSR count). The minimum absolute atomic E-state index is 0.212. The largest absolute Gasteiger partial charge is 0.497 e. The summed E-state index contributed by atoms with van der Waals surface area (Å²) in [6.07, 6.45) is 6.52. The Bertz CT molecular complexity index is 752. The van der Waals surface area contributed by atoms with Crippen molar-refractivity contribution in [1.29, 1.82) is 0 Å². The molecule has 0 amide bonds. The number of furan rings is 1. The zero-order valence-electron chi connectivity index (χ0n) is 11.9. The number of benzene rings is 1. The predicted molar refractivity (Wildman–Crippen MR) is 82.2 cm³/mol. The molecular formula is C17H13NO4. The summed E-state index contributed by atoms with van der Waals surface area (Å²) >= 11 is 0. The van der Waals surface area contributed by atoms with Gasteiger partial charge >= 0.3 is 5.97 Å². The second-order valence-corrected chi connectivity index (χ2v) is 4.49. The molecule has 22 heavy (non-hydrogen) atoms. The maximum Gasteiger partial charge on any atom is 0.363 e. The molecule has 0 radical (unpaired) electrons. The minimum atomic E-state index is -0.495. The van der Waals surface area contributed by atoms with Gasteiger partial charge in [-0.15, -0.1) is 0 Å². The monoisotopic (exact) mass is 295 g/mol. The first-order chi connectivity index (χ1) is 10.7. The third kappa shape index (κ3) is 3.15. The molecule has 0 unspecified atom stereocenters. The summed E-state index contributed by atoms with van der Waals surface area (Å²) in [5.41, 5.74) is 1.16. The molecule has 1 aliphatic rings. The molecule has 5 nitrogen and oxygen atoms in total. The van der Waals surface area contributed by atoms with Gasteiger partial charge in [-0.2, -0.15) is 0 Å². The van der Waals surface area contributed by atoms with Crippen molar-refractivity contribution in [3.05, 3.63) is 65.8 Å². The van der Waals surface area contributed by atoms with Crippen LogP contribution in [-0.2, 0) is 9.53 Å². The van der Waals surface area contributed by atoms with Crippen LogP contribution in [0.1, 0.15) is 11.3 Å². The zero-order chi connectivity index (χ0) is 15.4. The lowest BCUT2D eigenvalue weighted by atomic mass is 10.2. The van der Waals surface area contributed by atoms with Crippen molar-refractivity contribution in [2.45, 2.75) is 0 Å². The van der Waals surface area contributed by atoms with E-state index in [1.165, 1.54) is 12.3 Å². The number of cyclic esters (lactones) is 1. The number of esters is 1. The number of hydrogen-bond donors (Lipinski definition) is 0. The minimum Gasteiger partial charge on any atom is -0.497 e. The normalized spacial score (nSPS) is 16.1. The number of ether oxygens (including phenoxy) is 2.